The van der Waals surface area contributed by atoms with E-state index in [2.05, 4.69) is 16.0 Å². The zero-order valence-corrected chi connectivity index (χ0v) is 16.9. The highest BCUT2D eigenvalue weighted by molar-refractivity contribution is 7.85. The van der Waals surface area contributed by atoms with Crippen LogP contribution in [0.25, 0.3) is 0 Å². The Bertz CT molecular complexity index is 955. The number of nitrogens with zero attached hydrogens (tertiary/aromatic N) is 3. The summed E-state index contributed by atoms with van der Waals surface area (Å²) >= 11 is 0. The van der Waals surface area contributed by atoms with Crippen LogP contribution in [0.4, 0.5) is 0 Å². The number of hydrogen-bond acceptors (Lipinski definition) is 7. The molecule has 9 heteroatoms. The maximum absolute atomic E-state index is 10.5. The maximum Gasteiger partial charge on any atom is 0.294 e. The molecule has 1 N–H and O–H groups in total. The molecule has 2 aromatic rings. The monoisotopic (exact) mass is 417 g/mol. The van der Waals surface area contributed by atoms with Crippen molar-refractivity contribution >= 4 is 10.1 Å². The van der Waals surface area contributed by atoms with Gasteiger partial charge in [-0.1, -0.05) is 17.7 Å². The first-order valence-electron chi connectivity index (χ1n) is 9.29. The average molecular weight is 417 g/mol. The number of aromatic nitrogens is 2. The van der Waals surface area contributed by atoms with E-state index in [0.29, 0.717) is 26.1 Å². The van der Waals surface area contributed by atoms with Crippen molar-refractivity contribution in [2.75, 3.05) is 13.2 Å². The third-order valence-electron chi connectivity index (χ3n) is 5.27. The van der Waals surface area contributed by atoms with Gasteiger partial charge in [0.2, 0.25) is 0 Å². The molecule has 0 radical (unpaired) electrons. The minimum Gasteiger partial charge on any atom is -0.348 e. The molecule has 2 heterocycles. The molecule has 0 bridgehead atoms. The molecule has 29 heavy (non-hydrogen) atoms. The van der Waals surface area contributed by atoms with E-state index in [-0.39, 0.29) is 4.90 Å². The summed E-state index contributed by atoms with van der Waals surface area (Å²) in [5.74, 6) is -0.442. The fraction of sp³-hybridized carbons (Fsp3) is 0.450. The summed E-state index contributed by atoms with van der Waals surface area (Å²) in [5.41, 5.74) is 1.19. The second-order valence-corrected chi connectivity index (χ2v) is 8.60. The van der Waals surface area contributed by atoms with E-state index >= 15 is 0 Å². The van der Waals surface area contributed by atoms with Gasteiger partial charge in [-0.25, -0.2) is 0 Å². The summed E-state index contributed by atoms with van der Waals surface area (Å²) in [6.07, 6.45) is 7.87. The topological polar surface area (TPSA) is 122 Å². The third kappa shape index (κ3) is 4.97. The van der Waals surface area contributed by atoms with E-state index in [4.69, 9.17) is 14.0 Å². The summed E-state index contributed by atoms with van der Waals surface area (Å²) in [6, 6.07) is 8.41. The molecule has 1 aliphatic heterocycles. The first kappa shape index (κ1) is 21.3. The molecule has 1 aliphatic carbocycles. The molecule has 2 aliphatic rings. The average Bonchev–Trinajstić information content (AvgIpc) is 3.18. The maximum atomic E-state index is 10.5. The third-order valence-corrected chi connectivity index (χ3v) is 6.13. The second kappa shape index (κ2) is 8.55. The highest BCUT2D eigenvalue weighted by Crippen LogP contribution is 2.45. The van der Waals surface area contributed by atoms with Gasteiger partial charge in [0.15, 0.2) is 5.79 Å². The zero-order chi connectivity index (χ0) is 21.0. The number of nitriles is 1. The fourth-order valence-electron chi connectivity index (χ4n) is 3.53. The Kier molecular flexibility index (Phi) is 6.29. The Balaban J connectivity index is 0.000000188. The first-order chi connectivity index (χ1) is 13.8. The molecule has 0 unspecified atom stereocenters. The van der Waals surface area contributed by atoms with Gasteiger partial charge in [-0.3, -0.25) is 14.5 Å². The van der Waals surface area contributed by atoms with Gasteiger partial charge in [-0.2, -0.15) is 13.7 Å². The van der Waals surface area contributed by atoms with E-state index in [1.54, 1.807) is 30.7 Å². The van der Waals surface area contributed by atoms with Crippen LogP contribution in [0, 0.1) is 18.3 Å². The van der Waals surface area contributed by atoms with Crippen molar-refractivity contribution in [1.29, 1.82) is 5.26 Å². The summed E-state index contributed by atoms with van der Waals surface area (Å²) < 4.78 is 40.9. The van der Waals surface area contributed by atoms with Crippen molar-refractivity contribution in [3.8, 4) is 6.07 Å². The molecule has 1 aromatic carbocycles. The molecule has 154 valence electrons. The van der Waals surface area contributed by atoms with E-state index in [0.717, 1.165) is 24.1 Å². The molecule has 1 saturated carbocycles. The van der Waals surface area contributed by atoms with Gasteiger partial charge in [0.1, 0.15) is 5.41 Å². The van der Waals surface area contributed by atoms with Crippen LogP contribution < -0.4 is 0 Å². The zero-order valence-electron chi connectivity index (χ0n) is 16.1. The highest BCUT2D eigenvalue weighted by atomic mass is 32.2. The number of benzene rings is 1. The lowest BCUT2D eigenvalue weighted by atomic mass is 9.71. The molecule has 1 aromatic heterocycles. The van der Waals surface area contributed by atoms with Crippen molar-refractivity contribution in [2.45, 2.75) is 48.7 Å². The van der Waals surface area contributed by atoms with Crippen LogP contribution in [-0.2, 0) is 25.0 Å². The molecule has 2 fully saturated rings. The van der Waals surface area contributed by atoms with Gasteiger partial charge >= 0.3 is 0 Å². The number of rotatable bonds is 2. The largest absolute Gasteiger partial charge is 0.348 e. The van der Waals surface area contributed by atoms with Gasteiger partial charge in [0.05, 0.1) is 29.9 Å². The predicted molar refractivity (Wildman–Crippen MR) is 103 cm³/mol. The normalized spacial score (nSPS) is 19.8. The molecule has 1 spiro atoms. The van der Waals surface area contributed by atoms with E-state index in [9.17, 15) is 13.7 Å². The van der Waals surface area contributed by atoms with Crippen LogP contribution in [0.5, 0.6) is 0 Å². The van der Waals surface area contributed by atoms with Crippen molar-refractivity contribution in [1.82, 2.24) is 9.97 Å². The summed E-state index contributed by atoms with van der Waals surface area (Å²) in [4.78, 5) is 8.29. The lowest BCUT2D eigenvalue weighted by molar-refractivity contribution is -0.182. The van der Waals surface area contributed by atoms with Crippen LogP contribution in [0.15, 0.2) is 47.8 Å². The Morgan fingerprint density at radius 3 is 2.17 bits per heavy atom. The lowest BCUT2D eigenvalue weighted by Crippen LogP contribution is -2.41. The van der Waals surface area contributed by atoms with Gasteiger partial charge in [0.25, 0.3) is 10.1 Å². The molecule has 0 atom stereocenters. The fourth-order valence-corrected chi connectivity index (χ4v) is 4.01. The first-order valence-corrected chi connectivity index (χ1v) is 10.7. The number of hydrogen-bond donors (Lipinski definition) is 1. The Labute approximate surface area is 170 Å². The lowest BCUT2D eigenvalue weighted by Gasteiger charge is -2.39. The molecule has 1 saturated heterocycles. The molecule has 0 amide bonds. The van der Waals surface area contributed by atoms with Gasteiger partial charge in [-0.05, 0) is 31.9 Å². The standard InChI is InChI=1S/C13H15N3O2.C7H8O3S/c14-10-12(11-9-15-5-6-16-11)1-3-13(4-2-12)17-7-8-18-13;1-6-2-4-7(5-3-6)11(8,9)10/h5-6,9H,1-4,7-8H2;2-5H,1H3,(H,8,9,10). The second-order valence-electron chi connectivity index (χ2n) is 7.18. The number of ether oxygens (including phenoxy) is 2. The SMILES string of the molecule is Cc1ccc(S(=O)(=O)O)cc1.N#CC1(c2cnccn2)CCC2(CC1)OCCO2. The van der Waals surface area contributed by atoms with Gasteiger partial charge < -0.3 is 9.47 Å². The summed E-state index contributed by atoms with van der Waals surface area (Å²) in [7, 11) is -4.02. The van der Waals surface area contributed by atoms with Crippen molar-refractivity contribution in [3.63, 3.8) is 0 Å². The van der Waals surface area contributed by atoms with Crippen LogP contribution >= 0.6 is 0 Å². The smallest absolute Gasteiger partial charge is 0.294 e. The quantitative estimate of drug-likeness (QED) is 0.740. The van der Waals surface area contributed by atoms with Crippen molar-refractivity contribution < 1.29 is 22.4 Å². The minimum absolute atomic E-state index is 0.0666. The minimum atomic E-state index is -4.02. The molecular weight excluding hydrogens is 394 g/mol. The molecular formula is C20H23N3O5S. The number of aryl methyl sites for hydroxylation is 1. The van der Waals surface area contributed by atoms with Crippen molar-refractivity contribution in [2.24, 2.45) is 0 Å². The van der Waals surface area contributed by atoms with Crippen LogP contribution in [0.3, 0.4) is 0 Å². The Morgan fingerprint density at radius 2 is 1.69 bits per heavy atom. The van der Waals surface area contributed by atoms with E-state index in [1.165, 1.54) is 12.1 Å². The van der Waals surface area contributed by atoms with Gasteiger partial charge in [0, 0.05) is 31.4 Å². The molecule has 8 nitrogen and oxygen atoms in total. The molecule has 4 rings (SSSR count). The van der Waals surface area contributed by atoms with E-state index < -0.39 is 21.3 Å². The van der Waals surface area contributed by atoms with Gasteiger partial charge in [-0.15, -0.1) is 0 Å². The summed E-state index contributed by atoms with van der Waals surface area (Å²) in [5, 5.41) is 9.53. The predicted octanol–water partition coefficient (Wildman–Crippen LogP) is 2.80. The van der Waals surface area contributed by atoms with Crippen molar-refractivity contribution in [3.05, 3.63) is 54.1 Å². The highest BCUT2D eigenvalue weighted by Gasteiger charge is 2.48. The Morgan fingerprint density at radius 1 is 1.07 bits per heavy atom. The van der Waals surface area contributed by atoms with Crippen LogP contribution in [-0.4, -0.2) is 41.9 Å². The Hall–Kier alpha value is -2.38. The van der Waals surface area contributed by atoms with E-state index in [1.807, 2.05) is 6.92 Å². The summed E-state index contributed by atoms with van der Waals surface area (Å²) in [6.45, 7) is 3.16. The van der Waals surface area contributed by atoms with Crippen LogP contribution in [0.2, 0.25) is 0 Å². The van der Waals surface area contributed by atoms with Crippen LogP contribution in [0.1, 0.15) is 36.9 Å².